The van der Waals surface area contributed by atoms with E-state index in [1.807, 2.05) is 20.8 Å². The topological polar surface area (TPSA) is 105 Å². The summed E-state index contributed by atoms with van der Waals surface area (Å²) in [5.74, 6) is 0.754. The van der Waals surface area contributed by atoms with Gasteiger partial charge in [-0.05, 0) is 63.6 Å². The minimum absolute atomic E-state index is 0.213. The lowest BCUT2D eigenvalue weighted by molar-refractivity contribution is 0.0196. The second-order valence-electron chi connectivity index (χ2n) is 8.57. The largest absolute Gasteiger partial charge is 0.495 e. The van der Waals surface area contributed by atoms with Gasteiger partial charge in [-0.3, -0.25) is 0 Å². The fraction of sp³-hybridized carbons (Fsp3) is 0.619. The van der Waals surface area contributed by atoms with Gasteiger partial charge in [0.2, 0.25) is 0 Å². The van der Waals surface area contributed by atoms with Crippen LogP contribution in [-0.4, -0.2) is 66.0 Å². The number of carbonyl (C=O) groups is 2. The molecular weight excluding hydrogens is 410 g/mol. The first-order chi connectivity index (χ1) is 14.0. The average Bonchev–Trinajstić information content (AvgIpc) is 2.65. The third-order valence-electron chi connectivity index (χ3n) is 5.07. The maximum Gasteiger partial charge on any atom is 0.410 e. The Balaban J connectivity index is 2.09. The molecule has 1 aliphatic rings. The van der Waals surface area contributed by atoms with Crippen LogP contribution in [0.5, 0.6) is 5.75 Å². The first-order valence-electron chi connectivity index (χ1n) is 10.1. The first kappa shape index (κ1) is 23.9. The molecule has 1 aromatic rings. The quantitative estimate of drug-likeness (QED) is 0.644. The monoisotopic (exact) mass is 441 g/mol. The predicted molar refractivity (Wildman–Crippen MR) is 116 cm³/mol. The highest BCUT2D eigenvalue weighted by Crippen LogP contribution is 2.29. The van der Waals surface area contributed by atoms with E-state index in [0.29, 0.717) is 61.9 Å². The Kier molecular flexibility index (Phi) is 8.06. The van der Waals surface area contributed by atoms with Crippen LogP contribution in [0.2, 0.25) is 5.02 Å². The summed E-state index contributed by atoms with van der Waals surface area (Å²) in [7, 11) is 1.54. The van der Waals surface area contributed by atoms with Crippen LogP contribution in [0.15, 0.2) is 12.1 Å². The van der Waals surface area contributed by atoms with Crippen LogP contribution in [0.1, 0.15) is 39.2 Å². The lowest BCUT2D eigenvalue weighted by atomic mass is 9.96. The van der Waals surface area contributed by atoms with Gasteiger partial charge in [0.1, 0.15) is 11.4 Å². The molecule has 0 aliphatic carbocycles. The van der Waals surface area contributed by atoms with E-state index in [4.69, 9.17) is 31.9 Å². The summed E-state index contributed by atoms with van der Waals surface area (Å²) in [6, 6.07) is 3.44. The van der Waals surface area contributed by atoms with Gasteiger partial charge in [0.25, 0.3) is 0 Å². The summed E-state index contributed by atoms with van der Waals surface area (Å²) >= 11 is 6.33. The van der Waals surface area contributed by atoms with Gasteiger partial charge >= 0.3 is 12.2 Å². The molecule has 2 rings (SSSR count). The first-order valence-corrected chi connectivity index (χ1v) is 10.5. The van der Waals surface area contributed by atoms with Gasteiger partial charge in [-0.1, -0.05) is 11.6 Å². The Hall–Kier alpha value is -2.35. The molecule has 0 saturated carbocycles. The number of piperidine rings is 1. The molecule has 8 nitrogen and oxygen atoms in total. The lowest BCUT2D eigenvalue weighted by Gasteiger charge is -2.34. The molecule has 2 amide bonds. The summed E-state index contributed by atoms with van der Waals surface area (Å²) in [6.07, 6.45) is 0.651. The Morgan fingerprint density at radius 1 is 1.30 bits per heavy atom. The molecule has 0 bridgehead atoms. The van der Waals surface area contributed by atoms with Crippen LogP contribution in [-0.2, 0) is 11.2 Å². The number of hydrogen-bond donors (Lipinski definition) is 2. The molecule has 1 aliphatic heterocycles. The number of nitrogen functional groups attached to an aromatic ring is 1. The van der Waals surface area contributed by atoms with Crippen LogP contribution in [0.4, 0.5) is 15.3 Å². The number of ether oxygens (including phenoxy) is 2. The maximum atomic E-state index is 12.8. The molecule has 3 N–H and O–H groups in total. The zero-order chi connectivity index (χ0) is 22.5. The Labute approximate surface area is 182 Å². The molecule has 1 saturated heterocycles. The van der Waals surface area contributed by atoms with Crippen molar-refractivity contribution in [3.05, 3.63) is 22.7 Å². The van der Waals surface area contributed by atoms with E-state index in [1.165, 1.54) is 4.90 Å². The standard InChI is InChI=1S/C21H32ClN3O5/c1-21(2,3)30-20(28)25(13-14-5-8-24(9-6-14)19(26)27)10-7-15-11-18(29-4)17(23)12-16(15)22/h11-12,14H,5-10,13,23H2,1-4H3,(H,26,27). The number of hydrogen-bond acceptors (Lipinski definition) is 5. The van der Waals surface area contributed by atoms with Crippen molar-refractivity contribution in [3.8, 4) is 5.75 Å². The Bertz CT molecular complexity index is 758. The molecule has 1 fully saturated rings. The van der Waals surface area contributed by atoms with E-state index >= 15 is 0 Å². The van der Waals surface area contributed by atoms with Crippen molar-refractivity contribution in [2.45, 2.75) is 45.6 Å². The molecule has 9 heteroatoms. The number of anilines is 1. The molecule has 1 aromatic carbocycles. The molecule has 30 heavy (non-hydrogen) atoms. The summed E-state index contributed by atoms with van der Waals surface area (Å²) in [5.41, 5.74) is 6.57. The number of carboxylic acid groups (broad SMARTS) is 1. The highest BCUT2D eigenvalue weighted by atomic mass is 35.5. The molecule has 0 unspecified atom stereocenters. The third kappa shape index (κ3) is 6.86. The van der Waals surface area contributed by atoms with Crippen LogP contribution in [0.25, 0.3) is 0 Å². The minimum atomic E-state index is -0.899. The molecule has 0 spiro atoms. The Morgan fingerprint density at radius 2 is 1.93 bits per heavy atom. The molecule has 1 heterocycles. The van der Waals surface area contributed by atoms with E-state index in [0.717, 1.165) is 5.56 Å². The molecule has 168 valence electrons. The zero-order valence-corrected chi connectivity index (χ0v) is 18.9. The van der Waals surface area contributed by atoms with E-state index in [1.54, 1.807) is 24.1 Å². The number of amides is 2. The number of carbonyl (C=O) groups excluding carboxylic acids is 1. The number of rotatable bonds is 6. The van der Waals surface area contributed by atoms with Crippen molar-refractivity contribution in [2.75, 3.05) is 39.0 Å². The zero-order valence-electron chi connectivity index (χ0n) is 18.1. The summed E-state index contributed by atoms with van der Waals surface area (Å²) in [6.45, 7) is 7.36. The smallest absolute Gasteiger partial charge is 0.410 e. The SMILES string of the molecule is COc1cc(CCN(CC2CCN(C(=O)O)CC2)C(=O)OC(C)(C)C)c(Cl)cc1N. The van der Waals surface area contributed by atoms with Crippen LogP contribution >= 0.6 is 11.6 Å². The number of benzene rings is 1. The molecule has 0 radical (unpaired) electrons. The van der Waals surface area contributed by atoms with E-state index < -0.39 is 11.7 Å². The normalized spacial score (nSPS) is 15.0. The molecule has 0 aromatic heterocycles. The second kappa shape index (κ2) is 10.1. The number of nitrogens with two attached hydrogens (primary N) is 1. The van der Waals surface area contributed by atoms with Crippen molar-refractivity contribution in [1.82, 2.24) is 9.80 Å². The van der Waals surface area contributed by atoms with Crippen LogP contribution in [0.3, 0.4) is 0 Å². The summed E-state index contributed by atoms with van der Waals surface area (Å²) < 4.78 is 10.9. The van der Waals surface area contributed by atoms with Crippen molar-refractivity contribution in [1.29, 1.82) is 0 Å². The maximum absolute atomic E-state index is 12.8. The average molecular weight is 442 g/mol. The fourth-order valence-corrected chi connectivity index (χ4v) is 3.70. The van der Waals surface area contributed by atoms with Gasteiger partial charge < -0.3 is 30.1 Å². The minimum Gasteiger partial charge on any atom is -0.495 e. The van der Waals surface area contributed by atoms with Gasteiger partial charge in [0.15, 0.2) is 0 Å². The van der Waals surface area contributed by atoms with Gasteiger partial charge in [-0.15, -0.1) is 0 Å². The van der Waals surface area contributed by atoms with Crippen molar-refractivity contribution in [3.63, 3.8) is 0 Å². The van der Waals surface area contributed by atoms with E-state index in [-0.39, 0.29) is 12.0 Å². The Morgan fingerprint density at radius 3 is 2.47 bits per heavy atom. The van der Waals surface area contributed by atoms with Crippen LogP contribution in [0, 0.1) is 5.92 Å². The van der Waals surface area contributed by atoms with E-state index in [2.05, 4.69) is 0 Å². The van der Waals surface area contributed by atoms with Crippen molar-refractivity contribution >= 4 is 29.5 Å². The van der Waals surface area contributed by atoms with Gasteiger partial charge in [-0.2, -0.15) is 0 Å². The van der Waals surface area contributed by atoms with Gasteiger partial charge in [-0.25, -0.2) is 9.59 Å². The summed E-state index contributed by atoms with van der Waals surface area (Å²) in [4.78, 5) is 27.0. The van der Waals surface area contributed by atoms with Gasteiger partial charge in [0, 0.05) is 31.2 Å². The number of halogens is 1. The highest BCUT2D eigenvalue weighted by Gasteiger charge is 2.28. The highest BCUT2D eigenvalue weighted by molar-refractivity contribution is 6.31. The summed E-state index contributed by atoms with van der Waals surface area (Å²) in [5, 5.41) is 9.65. The molecular formula is C21H32ClN3O5. The van der Waals surface area contributed by atoms with Crippen molar-refractivity contribution in [2.24, 2.45) is 5.92 Å². The number of likely N-dealkylation sites (tertiary alicyclic amines) is 1. The van der Waals surface area contributed by atoms with Crippen LogP contribution < -0.4 is 10.5 Å². The predicted octanol–water partition coefficient (Wildman–Crippen LogP) is 4.10. The van der Waals surface area contributed by atoms with Crippen molar-refractivity contribution < 1.29 is 24.2 Å². The molecule has 0 atom stereocenters. The van der Waals surface area contributed by atoms with Gasteiger partial charge in [0.05, 0.1) is 12.8 Å². The third-order valence-corrected chi connectivity index (χ3v) is 5.42. The second-order valence-corrected chi connectivity index (χ2v) is 8.98. The lowest BCUT2D eigenvalue weighted by Crippen LogP contribution is -2.44. The number of nitrogens with zero attached hydrogens (tertiary/aromatic N) is 2. The fourth-order valence-electron chi connectivity index (χ4n) is 3.44. The van der Waals surface area contributed by atoms with E-state index in [9.17, 15) is 9.59 Å². The number of methoxy groups -OCH3 is 1.